The van der Waals surface area contributed by atoms with Crippen LogP contribution >= 0.6 is 0 Å². The summed E-state index contributed by atoms with van der Waals surface area (Å²) in [6, 6.07) is 1.72. The summed E-state index contributed by atoms with van der Waals surface area (Å²) in [6.07, 6.45) is -0.159. The Hall–Kier alpha value is -1.08. The number of nitriles is 1. The smallest absolute Gasteiger partial charge is 0.320 e. The van der Waals surface area contributed by atoms with Crippen LogP contribution in [0.3, 0.4) is 0 Å². The van der Waals surface area contributed by atoms with Crippen molar-refractivity contribution in [2.24, 2.45) is 0 Å². The van der Waals surface area contributed by atoms with Gasteiger partial charge in [0.1, 0.15) is 13.0 Å². The Bertz CT molecular complexity index is 160. The number of hydrogen-bond donors (Lipinski definition) is 0. The van der Waals surface area contributed by atoms with Crippen LogP contribution in [0.25, 0.3) is 0 Å². The van der Waals surface area contributed by atoms with Crippen molar-refractivity contribution in [3.63, 3.8) is 0 Å². The summed E-state index contributed by atoms with van der Waals surface area (Å²) < 4.78 is 4.69. The van der Waals surface area contributed by atoms with Crippen molar-refractivity contribution in [1.82, 2.24) is 4.90 Å². The van der Waals surface area contributed by atoms with E-state index in [-0.39, 0.29) is 6.42 Å². The van der Waals surface area contributed by atoms with E-state index in [9.17, 15) is 4.79 Å². The van der Waals surface area contributed by atoms with Gasteiger partial charge in [-0.15, -0.1) is 0 Å². The van der Waals surface area contributed by atoms with E-state index in [1.54, 1.807) is 6.07 Å². The number of esters is 1. The van der Waals surface area contributed by atoms with E-state index in [1.165, 1.54) is 0 Å². The first-order valence-electron chi connectivity index (χ1n) is 3.34. The average molecular weight is 156 g/mol. The van der Waals surface area contributed by atoms with Crippen LogP contribution in [-0.4, -0.2) is 38.1 Å². The quantitative estimate of drug-likeness (QED) is 0.538. The van der Waals surface area contributed by atoms with E-state index >= 15 is 0 Å². The predicted octanol–water partition coefficient (Wildman–Crippen LogP) is 0.00488. The molecule has 0 N–H and O–H groups in total. The topological polar surface area (TPSA) is 53.3 Å². The predicted molar refractivity (Wildman–Crippen MR) is 39.7 cm³/mol. The van der Waals surface area contributed by atoms with Gasteiger partial charge in [0.15, 0.2) is 0 Å². The van der Waals surface area contributed by atoms with Gasteiger partial charge < -0.3 is 9.64 Å². The minimum Gasteiger partial charge on any atom is -0.464 e. The van der Waals surface area contributed by atoms with Crippen LogP contribution in [0.1, 0.15) is 6.42 Å². The Morgan fingerprint density at radius 3 is 2.73 bits per heavy atom. The van der Waals surface area contributed by atoms with Gasteiger partial charge in [0.25, 0.3) is 0 Å². The highest BCUT2D eigenvalue weighted by molar-refractivity contribution is 5.71. The molecule has 11 heavy (non-hydrogen) atoms. The molecule has 0 aliphatic carbocycles. The average Bonchev–Trinajstić information content (AvgIpc) is 1.87. The molecule has 0 fully saturated rings. The molecular weight excluding hydrogens is 144 g/mol. The zero-order valence-electron chi connectivity index (χ0n) is 6.83. The molecule has 0 amide bonds. The molecule has 0 aromatic carbocycles. The van der Waals surface area contributed by atoms with Crippen LogP contribution in [0.15, 0.2) is 0 Å². The van der Waals surface area contributed by atoms with Crippen LogP contribution in [0.4, 0.5) is 0 Å². The standard InChI is InChI=1S/C7H12N2O2/c1-9(2)5-6-11-7(10)3-4-8/h3,5-6H2,1-2H3. The molecule has 0 spiro atoms. The maximum Gasteiger partial charge on any atom is 0.320 e. The lowest BCUT2D eigenvalue weighted by Gasteiger charge is -2.08. The van der Waals surface area contributed by atoms with Crippen molar-refractivity contribution < 1.29 is 9.53 Å². The zero-order chi connectivity index (χ0) is 8.69. The summed E-state index contributed by atoms with van der Waals surface area (Å²) in [5, 5.41) is 8.08. The largest absolute Gasteiger partial charge is 0.464 e. The molecule has 4 nitrogen and oxygen atoms in total. The number of ether oxygens (including phenoxy) is 1. The Morgan fingerprint density at radius 1 is 1.64 bits per heavy atom. The molecule has 0 aliphatic rings. The first-order valence-corrected chi connectivity index (χ1v) is 3.34. The molecular formula is C7H12N2O2. The Morgan fingerprint density at radius 2 is 2.27 bits per heavy atom. The SMILES string of the molecule is CN(C)CCOC(=O)CC#N. The van der Waals surface area contributed by atoms with E-state index < -0.39 is 5.97 Å². The Balaban J connectivity index is 3.26. The van der Waals surface area contributed by atoms with E-state index in [1.807, 2.05) is 19.0 Å². The number of carbonyl (C=O) groups is 1. The van der Waals surface area contributed by atoms with Gasteiger partial charge in [0.2, 0.25) is 0 Å². The van der Waals surface area contributed by atoms with E-state index in [0.29, 0.717) is 13.2 Å². The fraction of sp³-hybridized carbons (Fsp3) is 0.714. The molecule has 0 saturated heterocycles. The molecule has 0 unspecified atom stereocenters. The van der Waals surface area contributed by atoms with Crippen molar-refractivity contribution in [3.05, 3.63) is 0 Å². The summed E-state index contributed by atoms with van der Waals surface area (Å²) >= 11 is 0. The van der Waals surface area contributed by atoms with Crippen LogP contribution in [0.2, 0.25) is 0 Å². The number of likely N-dealkylation sites (N-methyl/N-ethyl adjacent to an activating group) is 1. The Kier molecular flexibility index (Phi) is 5.13. The van der Waals surface area contributed by atoms with Crippen molar-refractivity contribution in [2.45, 2.75) is 6.42 Å². The molecule has 0 rings (SSSR count). The molecule has 0 saturated carbocycles. The second-order valence-corrected chi connectivity index (χ2v) is 2.36. The normalized spacial score (nSPS) is 9.27. The van der Waals surface area contributed by atoms with Crippen molar-refractivity contribution >= 4 is 5.97 Å². The second kappa shape index (κ2) is 5.69. The van der Waals surface area contributed by atoms with Gasteiger partial charge in [0.05, 0.1) is 6.07 Å². The third kappa shape index (κ3) is 6.81. The number of rotatable bonds is 4. The van der Waals surface area contributed by atoms with Crippen molar-refractivity contribution in [2.75, 3.05) is 27.2 Å². The highest BCUT2D eigenvalue weighted by Gasteiger charge is 1.99. The van der Waals surface area contributed by atoms with Gasteiger partial charge in [-0.3, -0.25) is 4.79 Å². The fourth-order valence-corrected chi connectivity index (χ4v) is 0.458. The number of hydrogen-bond acceptors (Lipinski definition) is 4. The lowest BCUT2D eigenvalue weighted by atomic mass is 10.5. The molecule has 0 aromatic heterocycles. The summed E-state index contributed by atoms with van der Waals surface area (Å²) in [5.74, 6) is -0.450. The third-order valence-electron chi connectivity index (χ3n) is 1.02. The maximum atomic E-state index is 10.6. The van der Waals surface area contributed by atoms with Gasteiger partial charge >= 0.3 is 5.97 Å². The highest BCUT2D eigenvalue weighted by atomic mass is 16.5. The van der Waals surface area contributed by atoms with Crippen LogP contribution in [0.5, 0.6) is 0 Å². The first-order chi connectivity index (χ1) is 5.16. The minimum absolute atomic E-state index is 0.159. The molecule has 0 bridgehead atoms. The summed E-state index contributed by atoms with van der Waals surface area (Å²) in [7, 11) is 3.77. The fourth-order valence-electron chi connectivity index (χ4n) is 0.458. The van der Waals surface area contributed by atoms with Crippen LogP contribution in [0, 0.1) is 11.3 Å². The highest BCUT2D eigenvalue weighted by Crippen LogP contribution is 1.84. The van der Waals surface area contributed by atoms with E-state index in [2.05, 4.69) is 0 Å². The van der Waals surface area contributed by atoms with E-state index in [4.69, 9.17) is 10.00 Å². The minimum atomic E-state index is -0.450. The van der Waals surface area contributed by atoms with E-state index in [0.717, 1.165) is 0 Å². The first kappa shape index (κ1) is 9.92. The maximum absolute atomic E-state index is 10.6. The van der Waals surface area contributed by atoms with Gasteiger partial charge in [-0.25, -0.2) is 0 Å². The van der Waals surface area contributed by atoms with Crippen molar-refractivity contribution in [1.29, 1.82) is 5.26 Å². The molecule has 0 radical (unpaired) electrons. The van der Waals surface area contributed by atoms with Gasteiger partial charge in [-0.2, -0.15) is 5.26 Å². The summed E-state index contributed by atoms with van der Waals surface area (Å²) in [4.78, 5) is 12.5. The van der Waals surface area contributed by atoms with Gasteiger partial charge in [-0.1, -0.05) is 0 Å². The molecule has 0 aromatic rings. The number of carbonyl (C=O) groups excluding carboxylic acids is 1. The lowest BCUT2D eigenvalue weighted by molar-refractivity contribution is -0.142. The second-order valence-electron chi connectivity index (χ2n) is 2.36. The number of nitrogens with zero attached hydrogens (tertiary/aromatic N) is 2. The zero-order valence-corrected chi connectivity index (χ0v) is 6.83. The molecule has 0 aliphatic heterocycles. The Labute approximate surface area is 66.4 Å². The van der Waals surface area contributed by atoms with Crippen LogP contribution < -0.4 is 0 Å². The monoisotopic (exact) mass is 156 g/mol. The third-order valence-corrected chi connectivity index (χ3v) is 1.02. The summed E-state index contributed by atoms with van der Waals surface area (Å²) in [6.45, 7) is 1.05. The molecule has 0 atom stereocenters. The molecule has 0 heterocycles. The van der Waals surface area contributed by atoms with Crippen molar-refractivity contribution in [3.8, 4) is 6.07 Å². The molecule has 62 valence electrons. The molecule has 4 heteroatoms. The van der Waals surface area contributed by atoms with Gasteiger partial charge in [0, 0.05) is 6.54 Å². The van der Waals surface area contributed by atoms with Gasteiger partial charge in [-0.05, 0) is 14.1 Å². The summed E-state index contributed by atoms with van der Waals surface area (Å²) in [5.41, 5.74) is 0. The lowest BCUT2D eigenvalue weighted by Crippen LogP contribution is -2.19. The van der Waals surface area contributed by atoms with Crippen LogP contribution in [-0.2, 0) is 9.53 Å².